The van der Waals surface area contributed by atoms with Crippen LogP contribution < -0.4 is 0 Å². The summed E-state index contributed by atoms with van der Waals surface area (Å²) in [5, 5.41) is 0. The van der Waals surface area contributed by atoms with Crippen molar-refractivity contribution < 1.29 is 13.2 Å². The van der Waals surface area contributed by atoms with Gasteiger partial charge in [0.15, 0.2) is 11.6 Å². The molecule has 0 bridgehead atoms. The Kier molecular flexibility index (Phi) is 2.22. The minimum absolute atomic E-state index is 0.157. The smallest absolute Gasteiger partial charge is 0.166 e. The molecule has 3 heteroatoms. The zero-order valence-corrected chi connectivity index (χ0v) is 6.50. The van der Waals surface area contributed by atoms with E-state index in [1.165, 1.54) is 6.92 Å². The van der Waals surface area contributed by atoms with E-state index in [1.54, 1.807) is 0 Å². The van der Waals surface area contributed by atoms with Crippen LogP contribution in [0, 0.1) is 24.4 Å². The minimum atomic E-state index is -1.15. The largest absolute Gasteiger partial charge is 0.207 e. The third-order valence-corrected chi connectivity index (χ3v) is 1.64. The van der Waals surface area contributed by atoms with Crippen LogP contribution in [0.25, 0.3) is 6.08 Å². The monoisotopic (exact) mass is 172 g/mol. The molecular formula is C9H7F3. The topological polar surface area (TPSA) is 0 Å². The van der Waals surface area contributed by atoms with Gasteiger partial charge in [-0.15, -0.1) is 0 Å². The van der Waals surface area contributed by atoms with Crippen molar-refractivity contribution in [1.29, 1.82) is 0 Å². The fourth-order valence-corrected chi connectivity index (χ4v) is 0.853. The fraction of sp³-hybridized carbons (Fsp3) is 0.111. The molecule has 0 aliphatic heterocycles. The summed E-state index contributed by atoms with van der Waals surface area (Å²) in [6.07, 6.45) is 1.07. The van der Waals surface area contributed by atoms with Gasteiger partial charge in [-0.05, 0) is 13.0 Å². The molecule has 0 spiro atoms. The molecule has 0 saturated carbocycles. The highest BCUT2D eigenvalue weighted by Gasteiger charge is 2.13. The molecule has 1 rings (SSSR count). The summed E-state index contributed by atoms with van der Waals surface area (Å²) < 4.78 is 38.4. The lowest BCUT2D eigenvalue weighted by molar-refractivity contribution is 0.484. The van der Waals surface area contributed by atoms with Gasteiger partial charge in [0.1, 0.15) is 5.82 Å². The third-order valence-electron chi connectivity index (χ3n) is 1.64. The first-order valence-corrected chi connectivity index (χ1v) is 3.34. The lowest BCUT2D eigenvalue weighted by Crippen LogP contribution is -1.96. The molecule has 0 fully saturated rings. The maximum absolute atomic E-state index is 12.8. The van der Waals surface area contributed by atoms with E-state index in [9.17, 15) is 13.2 Å². The average molecular weight is 172 g/mol. The zero-order chi connectivity index (χ0) is 9.30. The van der Waals surface area contributed by atoms with Gasteiger partial charge in [0.05, 0.1) is 0 Å². The second kappa shape index (κ2) is 3.01. The Morgan fingerprint density at radius 2 is 1.83 bits per heavy atom. The van der Waals surface area contributed by atoms with Crippen LogP contribution >= 0.6 is 0 Å². The van der Waals surface area contributed by atoms with Crippen molar-refractivity contribution >= 4 is 6.08 Å². The van der Waals surface area contributed by atoms with Crippen LogP contribution in [0.3, 0.4) is 0 Å². The predicted octanol–water partition coefficient (Wildman–Crippen LogP) is 3.06. The van der Waals surface area contributed by atoms with Crippen LogP contribution in [0.4, 0.5) is 13.2 Å². The third kappa shape index (κ3) is 1.22. The van der Waals surface area contributed by atoms with Crippen molar-refractivity contribution in [1.82, 2.24) is 0 Å². The number of hydrogen-bond acceptors (Lipinski definition) is 0. The Morgan fingerprint density at radius 1 is 1.25 bits per heavy atom. The summed E-state index contributed by atoms with van der Waals surface area (Å²) >= 11 is 0. The number of halogens is 3. The van der Waals surface area contributed by atoms with Crippen molar-refractivity contribution in [3.8, 4) is 0 Å². The summed E-state index contributed by atoms with van der Waals surface area (Å²) in [7, 11) is 0. The molecule has 0 N–H and O–H groups in total. The Hall–Kier alpha value is -1.25. The van der Waals surface area contributed by atoms with Crippen molar-refractivity contribution in [2.75, 3.05) is 0 Å². The molecule has 0 radical (unpaired) electrons. The molecule has 0 unspecified atom stereocenters. The van der Waals surface area contributed by atoms with Gasteiger partial charge in [-0.25, -0.2) is 13.2 Å². The van der Waals surface area contributed by atoms with Gasteiger partial charge in [0.2, 0.25) is 0 Å². The van der Waals surface area contributed by atoms with E-state index in [-0.39, 0.29) is 11.1 Å². The van der Waals surface area contributed by atoms with E-state index in [4.69, 9.17) is 0 Å². The summed E-state index contributed by atoms with van der Waals surface area (Å²) in [4.78, 5) is 0. The van der Waals surface area contributed by atoms with Crippen molar-refractivity contribution in [2.45, 2.75) is 6.92 Å². The average Bonchev–Trinajstić information content (AvgIpc) is 2.08. The summed E-state index contributed by atoms with van der Waals surface area (Å²) in [5.41, 5.74) is -0.464. The molecule has 0 aliphatic carbocycles. The Morgan fingerprint density at radius 3 is 2.33 bits per heavy atom. The lowest BCUT2D eigenvalue weighted by Gasteiger charge is -2.02. The first kappa shape index (κ1) is 8.84. The maximum Gasteiger partial charge on any atom is 0.166 e. The highest BCUT2D eigenvalue weighted by molar-refractivity contribution is 5.49. The van der Waals surface area contributed by atoms with Gasteiger partial charge in [-0.2, -0.15) is 0 Å². The highest BCUT2D eigenvalue weighted by atomic mass is 19.2. The molecule has 64 valence electrons. The SMILES string of the molecule is C=Cc1cc(F)c(C)c(F)c1F. The first-order chi connectivity index (χ1) is 5.57. The summed E-state index contributed by atoms with van der Waals surface area (Å²) in [6.45, 7) is 4.41. The molecule has 0 saturated heterocycles. The Bertz CT molecular complexity index is 329. The van der Waals surface area contributed by atoms with Gasteiger partial charge in [-0.3, -0.25) is 0 Å². The van der Waals surface area contributed by atoms with Crippen LogP contribution in [-0.4, -0.2) is 0 Å². The Labute approximate surface area is 68.3 Å². The lowest BCUT2D eigenvalue weighted by atomic mass is 10.1. The van der Waals surface area contributed by atoms with E-state index in [0.29, 0.717) is 0 Å². The van der Waals surface area contributed by atoms with E-state index in [1.807, 2.05) is 0 Å². The van der Waals surface area contributed by atoms with E-state index < -0.39 is 17.5 Å². The molecule has 0 nitrogen and oxygen atoms in total. The number of benzene rings is 1. The van der Waals surface area contributed by atoms with Crippen LogP contribution in [0.15, 0.2) is 12.6 Å². The molecular weight excluding hydrogens is 165 g/mol. The van der Waals surface area contributed by atoms with Crippen LogP contribution in [0.5, 0.6) is 0 Å². The van der Waals surface area contributed by atoms with E-state index >= 15 is 0 Å². The van der Waals surface area contributed by atoms with Crippen LogP contribution in [0.2, 0.25) is 0 Å². The quantitative estimate of drug-likeness (QED) is 0.571. The second-order valence-electron chi connectivity index (χ2n) is 2.40. The minimum Gasteiger partial charge on any atom is -0.207 e. The molecule has 0 amide bonds. The van der Waals surface area contributed by atoms with Crippen molar-refractivity contribution in [2.24, 2.45) is 0 Å². The van der Waals surface area contributed by atoms with Gasteiger partial charge < -0.3 is 0 Å². The zero-order valence-electron chi connectivity index (χ0n) is 6.50. The van der Waals surface area contributed by atoms with Gasteiger partial charge >= 0.3 is 0 Å². The van der Waals surface area contributed by atoms with Crippen LogP contribution in [-0.2, 0) is 0 Å². The fourth-order valence-electron chi connectivity index (χ4n) is 0.853. The summed E-state index contributed by atoms with van der Waals surface area (Å²) in [6, 6.07) is 0.917. The van der Waals surface area contributed by atoms with Crippen LogP contribution in [0.1, 0.15) is 11.1 Å². The van der Waals surface area contributed by atoms with Gasteiger partial charge in [-0.1, -0.05) is 12.7 Å². The first-order valence-electron chi connectivity index (χ1n) is 3.34. The second-order valence-corrected chi connectivity index (χ2v) is 2.40. The van der Waals surface area contributed by atoms with Gasteiger partial charge in [0, 0.05) is 11.1 Å². The number of rotatable bonds is 1. The van der Waals surface area contributed by atoms with Crippen molar-refractivity contribution in [3.05, 3.63) is 41.2 Å². The van der Waals surface area contributed by atoms with E-state index in [2.05, 4.69) is 6.58 Å². The normalized spacial score (nSPS) is 10.0. The molecule has 0 heterocycles. The predicted molar refractivity (Wildman–Crippen MR) is 41.1 cm³/mol. The Balaban J connectivity index is 3.49. The standard InChI is InChI=1S/C9H7F3/c1-3-6-4-7(10)5(2)8(11)9(6)12/h3-4H,1H2,2H3. The summed E-state index contributed by atoms with van der Waals surface area (Å²) in [5.74, 6) is -2.96. The number of hydrogen-bond donors (Lipinski definition) is 0. The molecule has 0 atom stereocenters. The molecule has 1 aromatic carbocycles. The van der Waals surface area contributed by atoms with Crippen molar-refractivity contribution in [3.63, 3.8) is 0 Å². The van der Waals surface area contributed by atoms with Gasteiger partial charge in [0.25, 0.3) is 0 Å². The highest BCUT2D eigenvalue weighted by Crippen LogP contribution is 2.19. The maximum atomic E-state index is 12.8. The molecule has 12 heavy (non-hydrogen) atoms. The molecule has 1 aromatic rings. The van der Waals surface area contributed by atoms with E-state index in [0.717, 1.165) is 12.1 Å². The molecule has 0 aromatic heterocycles. The molecule has 0 aliphatic rings.